The molecule has 0 fully saturated rings. The Hall–Kier alpha value is -3.66. The summed E-state index contributed by atoms with van der Waals surface area (Å²) in [5.74, 6) is -1.06. The second-order valence-electron chi connectivity index (χ2n) is 7.30. The first-order valence-electron chi connectivity index (χ1n) is 10.3. The van der Waals surface area contributed by atoms with Gasteiger partial charge >= 0.3 is 12.6 Å². The third-order valence-corrected chi connectivity index (χ3v) is 6.09. The zero-order valence-corrected chi connectivity index (χ0v) is 18.9. The Bertz CT molecular complexity index is 1420. The van der Waals surface area contributed by atoms with Crippen molar-refractivity contribution < 1.29 is 27.4 Å². The summed E-state index contributed by atoms with van der Waals surface area (Å²) in [6.07, 6.45) is 1.60. The predicted molar refractivity (Wildman–Crippen MR) is 120 cm³/mol. The van der Waals surface area contributed by atoms with Gasteiger partial charge in [-0.15, -0.1) is 0 Å². The van der Waals surface area contributed by atoms with Gasteiger partial charge in [0.15, 0.2) is 4.80 Å². The summed E-state index contributed by atoms with van der Waals surface area (Å²) in [6.45, 7) is 0.536. The zero-order chi connectivity index (χ0) is 24.4. The van der Waals surface area contributed by atoms with Gasteiger partial charge in [-0.2, -0.15) is 8.78 Å². The number of halogens is 3. The van der Waals surface area contributed by atoms with E-state index < -0.39 is 30.0 Å². The minimum atomic E-state index is -2.93. The molecule has 0 radical (unpaired) electrons. The normalized spacial score (nSPS) is 15.8. The first kappa shape index (κ1) is 23.5. The number of nitrogens with zero attached hydrogens (tertiary/aromatic N) is 2. The van der Waals surface area contributed by atoms with Crippen LogP contribution in [0.2, 0.25) is 0 Å². The third-order valence-electron chi connectivity index (χ3n) is 5.11. The van der Waals surface area contributed by atoms with Crippen LogP contribution in [0.5, 0.6) is 5.75 Å². The van der Waals surface area contributed by atoms with Crippen molar-refractivity contribution in [1.29, 1.82) is 0 Å². The maximum atomic E-state index is 13.6. The molecule has 3 aromatic rings. The molecule has 0 N–H and O–H groups in total. The first-order valence-corrected chi connectivity index (χ1v) is 11.1. The summed E-state index contributed by atoms with van der Waals surface area (Å²) >= 11 is 1.12. The van der Waals surface area contributed by atoms with Crippen LogP contribution in [0.1, 0.15) is 31.0 Å². The number of rotatable bonds is 6. The molecule has 0 saturated heterocycles. The van der Waals surface area contributed by atoms with Crippen LogP contribution >= 0.6 is 11.3 Å². The second-order valence-corrected chi connectivity index (χ2v) is 8.31. The number of alkyl halides is 2. The highest BCUT2D eigenvalue weighted by Gasteiger charge is 2.33. The molecule has 1 atom stereocenters. The average Bonchev–Trinajstić information content (AvgIpc) is 3.09. The van der Waals surface area contributed by atoms with E-state index in [1.54, 1.807) is 32.1 Å². The maximum absolute atomic E-state index is 13.6. The summed E-state index contributed by atoms with van der Waals surface area (Å²) in [6, 6.07) is 10.5. The van der Waals surface area contributed by atoms with Crippen molar-refractivity contribution >= 4 is 23.4 Å². The number of allylic oxidation sites excluding steroid dienone is 1. The number of carbonyl (C=O) groups excluding carboxylic acids is 1. The molecule has 4 rings (SSSR count). The molecule has 1 aliphatic heterocycles. The zero-order valence-electron chi connectivity index (χ0n) is 18.1. The van der Waals surface area contributed by atoms with Crippen LogP contribution < -0.4 is 19.6 Å². The molecule has 1 aliphatic rings. The highest BCUT2D eigenvalue weighted by Crippen LogP contribution is 2.30. The predicted octanol–water partition coefficient (Wildman–Crippen LogP) is 3.54. The molecule has 6 nitrogen and oxygen atoms in total. The van der Waals surface area contributed by atoms with Gasteiger partial charge < -0.3 is 9.47 Å². The van der Waals surface area contributed by atoms with E-state index in [-0.39, 0.29) is 17.9 Å². The van der Waals surface area contributed by atoms with E-state index in [1.165, 1.54) is 41.0 Å². The van der Waals surface area contributed by atoms with E-state index in [1.807, 2.05) is 0 Å². The topological polar surface area (TPSA) is 69.9 Å². The molecule has 0 unspecified atom stereocenters. The standard InChI is InChI=1S/C24H19F3N2O4S/c1-3-32-22(31)19-13(2)28-24-29(20(19)15-6-8-16(25)9-7-15)21(30)18(34-24)12-14-4-10-17(11-5-14)33-23(26)27/h4-12,20,23H,3H2,1-2H3/b18-12+/t20-/m1/s1. The molecule has 10 heteroatoms. The molecular formula is C24H19F3N2O4S. The number of thiazole rings is 1. The molecular weight excluding hydrogens is 469 g/mol. The molecule has 34 heavy (non-hydrogen) atoms. The van der Waals surface area contributed by atoms with Crippen molar-refractivity contribution in [2.75, 3.05) is 6.61 Å². The molecule has 1 aromatic heterocycles. The van der Waals surface area contributed by atoms with Crippen LogP contribution in [-0.4, -0.2) is 23.8 Å². The fourth-order valence-corrected chi connectivity index (χ4v) is 4.70. The fraction of sp³-hybridized carbons (Fsp3) is 0.208. The Morgan fingerprint density at radius 3 is 2.47 bits per heavy atom. The molecule has 176 valence electrons. The molecule has 0 aliphatic carbocycles. The van der Waals surface area contributed by atoms with E-state index in [2.05, 4.69) is 9.73 Å². The van der Waals surface area contributed by atoms with Gasteiger partial charge in [0.25, 0.3) is 5.56 Å². The highest BCUT2D eigenvalue weighted by molar-refractivity contribution is 7.07. The minimum Gasteiger partial charge on any atom is -0.463 e. The van der Waals surface area contributed by atoms with E-state index in [0.29, 0.717) is 26.2 Å². The molecule has 0 spiro atoms. The smallest absolute Gasteiger partial charge is 0.387 e. The Morgan fingerprint density at radius 2 is 1.85 bits per heavy atom. The maximum Gasteiger partial charge on any atom is 0.387 e. The van der Waals surface area contributed by atoms with Crippen molar-refractivity contribution in [1.82, 2.24) is 4.57 Å². The van der Waals surface area contributed by atoms with E-state index in [9.17, 15) is 22.8 Å². The lowest BCUT2D eigenvalue weighted by Crippen LogP contribution is -2.39. The van der Waals surface area contributed by atoms with Gasteiger partial charge in [-0.05, 0) is 55.3 Å². The van der Waals surface area contributed by atoms with Crippen molar-refractivity contribution in [3.05, 3.63) is 96.4 Å². The summed E-state index contributed by atoms with van der Waals surface area (Å²) in [7, 11) is 0. The first-order chi connectivity index (χ1) is 16.3. The summed E-state index contributed by atoms with van der Waals surface area (Å²) in [4.78, 5) is 31.0. The largest absolute Gasteiger partial charge is 0.463 e. The van der Waals surface area contributed by atoms with Gasteiger partial charge in [0.05, 0.1) is 28.5 Å². The Kier molecular flexibility index (Phi) is 6.69. The fourth-order valence-electron chi connectivity index (χ4n) is 3.65. The van der Waals surface area contributed by atoms with Gasteiger partial charge in [-0.25, -0.2) is 14.2 Å². The van der Waals surface area contributed by atoms with Gasteiger partial charge in [-0.1, -0.05) is 35.6 Å². The van der Waals surface area contributed by atoms with Crippen molar-refractivity contribution in [3.63, 3.8) is 0 Å². The summed E-state index contributed by atoms with van der Waals surface area (Å²) < 4.78 is 49.6. The van der Waals surface area contributed by atoms with Crippen LogP contribution in [0.15, 0.2) is 69.6 Å². The highest BCUT2D eigenvalue weighted by atomic mass is 32.1. The van der Waals surface area contributed by atoms with Crippen molar-refractivity contribution in [3.8, 4) is 5.75 Å². The van der Waals surface area contributed by atoms with Crippen LogP contribution in [0.4, 0.5) is 13.2 Å². The van der Waals surface area contributed by atoms with Crippen LogP contribution in [-0.2, 0) is 9.53 Å². The second kappa shape index (κ2) is 9.68. The number of benzene rings is 2. The molecule has 0 amide bonds. The lowest BCUT2D eigenvalue weighted by molar-refractivity contribution is -0.139. The molecule has 2 aromatic carbocycles. The number of hydrogen-bond acceptors (Lipinski definition) is 6. The number of carbonyl (C=O) groups is 1. The van der Waals surface area contributed by atoms with E-state index >= 15 is 0 Å². The van der Waals surface area contributed by atoms with E-state index in [0.717, 1.165) is 11.3 Å². The molecule has 0 saturated carbocycles. The lowest BCUT2D eigenvalue weighted by atomic mass is 9.96. The number of aromatic nitrogens is 1. The number of hydrogen-bond donors (Lipinski definition) is 0. The summed E-state index contributed by atoms with van der Waals surface area (Å²) in [5.41, 5.74) is 1.31. The minimum absolute atomic E-state index is 0.000349. The van der Waals surface area contributed by atoms with Crippen LogP contribution in [0, 0.1) is 5.82 Å². The molecule has 2 heterocycles. The van der Waals surface area contributed by atoms with Gasteiger partial charge in [0.1, 0.15) is 11.6 Å². The Balaban J connectivity index is 1.85. The number of fused-ring (bicyclic) bond motifs is 1. The van der Waals surface area contributed by atoms with Crippen molar-refractivity contribution in [2.45, 2.75) is 26.5 Å². The van der Waals surface area contributed by atoms with Gasteiger partial charge in [0.2, 0.25) is 0 Å². The van der Waals surface area contributed by atoms with E-state index in [4.69, 9.17) is 4.74 Å². The number of esters is 1. The monoisotopic (exact) mass is 488 g/mol. The van der Waals surface area contributed by atoms with Crippen molar-refractivity contribution in [2.24, 2.45) is 4.99 Å². The van der Waals surface area contributed by atoms with Crippen LogP contribution in [0.25, 0.3) is 6.08 Å². The summed E-state index contributed by atoms with van der Waals surface area (Å²) in [5, 5.41) is 0. The van der Waals surface area contributed by atoms with Gasteiger partial charge in [-0.3, -0.25) is 9.36 Å². The quantitative estimate of drug-likeness (QED) is 0.498. The third kappa shape index (κ3) is 4.67. The van der Waals surface area contributed by atoms with Gasteiger partial charge in [0, 0.05) is 0 Å². The number of ether oxygens (including phenoxy) is 2. The Labute approximate surface area is 195 Å². The van der Waals surface area contributed by atoms with Crippen LogP contribution in [0.3, 0.4) is 0 Å². The molecule has 0 bridgehead atoms. The average molecular weight is 488 g/mol. The lowest BCUT2D eigenvalue weighted by Gasteiger charge is -2.24. The Morgan fingerprint density at radius 1 is 1.18 bits per heavy atom. The SMILES string of the molecule is CCOC(=O)C1=C(C)N=c2s/c(=C/c3ccc(OC(F)F)cc3)c(=O)n2[C@@H]1c1ccc(F)cc1.